The number of H-pyrrole nitrogens is 1. The summed E-state index contributed by atoms with van der Waals surface area (Å²) >= 11 is 0. The van der Waals surface area contributed by atoms with Crippen LogP contribution in [0.15, 0.2) is 18.2 Å². The molecule has 180 valence electrons. The van der Waals surface area contributed by atoms with E-state index in [0.717, 1.165) is 6.07 Å². The molecular weight excluding hydrogens is 449 g/mol. The van der Waals surface area contributed by atoms with E-state index in [-0.39, 0.29) is 53.8 Å². The zero-order chi connectivity index (χ0) is 25.0. The topological polar surface area (TPSA) is 121 Å². The predicted octanol–water partition coefficient (Wildman–Crippen LogP) is 4.17. The van der Waals surface area contributed by atoms with Gasteiger partial charge in [-0.3, -0.25) is 0 Å². The van der Waals surface area contributed by atoms with Gasteiger partial charge in [0, 0.05) is 16.3 Å². The summed E-state index contributed by atoms with van der Waals surface area (Å²) in [6.45, 7) is 5.87. The maximum Gasteiger partial charge on any atom is 0.341 e. The van der Waals surface area contributed by atoms with Crippen molar-refractivity contribution in [2.24, 2.45) is 0 Å². The summed E-state index contributed by atoms with van der Waals surface area (Å²) in [6, 6.07) is 4.12. The molecule has 0 fully saturated rings. The number of carbonyl (C=O) groups excluding carboxylic acids is 4. The van der Waals surface area contributed by atoms with E-state index in [4.69, 9.17) is 18.9 Å². The molecule has 0 spiro atoms. The van der Waals surface area contributed by atoms with Gasteiger partial charge in [0.2, 0.25) is 0 Å². The Morgan fingerprint density at radius 1 is 0.676 bits per heavy atom. The Morgan fingerprint density at radius 2 is 1.12 bits per heavy atom. The first-order chi connectivity index (χ1) is 16.3. The molecule has 1 aromatic heterocycles. The van der Waals surface area contributed by atoms with Gasteiger partial charge in [0.05, 0.1) is 54.2 Å². The molecule has 0 atom stereocenters. The van der Waals surface area contributed by atoms with E-state index in [1.165, 1.54) is 26.0 Å². The minimum Gasteiger partial charge on any atom is -0.462 e. The monoisotopic (exact) mass is 473 g/mol. The van der Waals surface area contributed by atoms with E-state index >= 15 is 4.39 Å². The van der Waals surface area contributed by atoms with Gasteiger partial charge in [-0.2, -0.15) is 0 Å². The normalized spacial score (nSPS) is 10.9. The van der Waals surface area contributed by atoms with Gasteiger partial charge in [0.25, 0.3) is 0 Å². The Hall–Kier alpha value is -3.95. The van der Waals surface area contributed by atoms with Gasteiger partial charge < -0.3 is 23.9 Å². The molecule has 0 saturated carbocycles. The SMILES string of the molecule is CCOC(=O)c1c(C(=O)OCC)c(C(=O)OCC)c2c([nH]c3cccc(F)c32)c1C(=O)OCC. The molecule has 2 aromatic carbocycles. The summed E-state index contributed by atoms with van der Waals surface area (Å²) in [6.07, 6.45) is 0. The highest BCUT2D eigenvalue weighted by atomic mass is 19.1. The van der Waals surface area contributed by atoms with Gasteiger partial charge in [0.1, 0.15) is 5.82 Å². The molecule has 0 aliphatic heterocycles. The maximum absolute atomic E-state index is 15.0. The van der Waals surface area contributed by atoms with E-state index < -0.39 is 46.4 Å². The number of aromatic amines is 1. The van der Waals surface area contributed by atoms with Gasteiger partial charge in [-0.25, -0.2) is 23.6 Å². The Labute approximate surface area is 194 Å². The van der Waals surface area contributed by atoms with Gasteiger partial charge >= 0.3 is 23.9 Å². The fraction of sp³-hybridized carbons (Fsp3) is 0.333. The van der Waals surface area contributed by atoms with Crippen molar-refractivity contribution in [3.8, 4) is 0 Å². The third-order valence-electron chi connectivity index (χ3n) is 4.94. The van der Waals surface area contributed by atoms with Crippen molar-refractivity contribution >= 4 is 45.7 Å². The molecule has 0 aliphatic rings. The van der Waals surface area contributed by atoms with Crippen LogP contribution in [0.1, 0.15) is 69.1 Å². The smallest absolute Gasteiger partial charge is 0.341 e. The Kier molecular flexibility index (Phi) is 7.50. The molecular formula is C24H24FNO8. The molecule has 0 aliphatic carbocycles. The van der Waals surface area contributed by atoms with Crippen LogP contribution in [0.2, 0.25) is 0 Å². The van der Waals surface area contributed by atoms with Crippen LogP contribution < -0.4 is 0 Å². The molecule has 1 N–H and O–H groups in total. The molecule has 0 bridgehead atoms. The Morgan fingerprint density at radius 3 is 1.62 bits per heavy atom. The molecule has 3 aromatic rings. The molecule has 0 amide bonds. The first-order valence-electron chi connectivity index (χ1n) is 10.8. The predicted molar refractivity (Wildman–Crippen MR) is 120 cm³/mol. The average molecular weight is 473 g/mol. The van der Waals surface area contributed by atoms with Crippen LogP contribution in [-0.2, 0) is 18.9 Å². The highest BCUT2D eigenvalue weighted by molar-refractivity contribution is 6.28. The standard InChI is InChI=1S/C24H24FNO8/c1-5-31-21(27)16-15-14-12(25)10-9-11-13(14)26-20(15)19(24(30)34-8-4)18(23(29)33-7-3)17(16)22(28)32-6-2/h9-11,26H,5-8H2,1-4H3. The molecule has 1 heterocycles. The number of hydrogen-bond donors (Lipinski definition) is 1. The Bertz CT molecular complexity index is 1290. The van der Waals surface area contributed by atoms with Crippen LogP contribution in [-0.4, -0.2) is 55.3 Å². The van der Waals surface area contributed by atoms with Crippen LogP contribution in [0, 0.1) is 5.82 Å². The number of rotatable bonds is 8. The number of aromatic nitrogens is 1. The van der Waals surface area contributed by atoms with Gasteiger partial charge in [0.15, 0.2) is 0 Å². The summed E-state index contributed by atoms with van der Waals surface area (Å²) in [5.74, 6) is -4.82. The number of fused-ring (bicyclic) bond motifs is 3. The van der Waals surface area contributed by atoms with E-state index in [9.17, 15) is 19.2 Å². The molecule has 9 nitrogen and oxygen atoms in total. The highest BCUT2D eigenvalue weighted by Gasteiger charge is 2.38. The summed E-state index contributed by atoms with van der Waals surface area (Å²) in [7, 11) is 0. The summed E-state index contributed by atoms with van der Waals surface area (Å²) in [5.41, 5.74) is -1.72. The fourth-order valence-corrected chi connectivity index (χ4v) is 3.77. The van der Waals surface area contributed by atoms with Crippen molar-refractivity contribution in [2.75, 3.05) is 26.4 Å². The van der Waals surface area contributed by atoms with E-state index in [0.29, 0.717) is 0 Å². The first-order valence-corrected chi connectivity index (χ1v) is 10.8. The average Bonchev–Trinajstić information content (AvgIpc) is 3.18. The third-order valence-corrected chi connectivity index (χ3v) is 4.94. The van der Waals surface area contributed by atoms with Gasteiger partial charge in [-0.1, -0.05) is 6.07 Å². The first kappa shape index (κ1) is 24.7. The number of benzene rings is 2. The van der Waals surface area contributed by atoms with Crippen molar-refractivity contribution in [3.05, 3.63) is 46.3 Å². The van der Waals surface area contributed by atoms with Crippen molar-refractivity contribution in [3.63, 3.8) is 0 Å². The van der Waals surface area contributed by atoms with Crippen molar-refractivity contribution < 1.29 is 42.5 Å². The van der Waals surface area contributed by atoms with Gasteiger partial charge in [-0.15, -0.1) is 0 Å². The highest BCUT2D eigenvalue weighted by Crippen LogP contribution is 2.38. The lowest BCUT2D eigenvalue weighted by Crippen LogP contribution is -2.24. The summed E-state index contributed by atoms with van der Waals surface area (Å²) < 4.78 is 35.6. The minimum atomic E-state index is -1.08. The summed E-state index contributed by atoms with van der Waals surface area (Å²) in [5, 5.41) is -0.169. The number of esters is 4. The number of carbonyl (C=O) groups is 4. The lowest BCUT2D eigenvalue weighted by Gasteiger charge is -2.18. The quantitative estimate of drug-likeness (QED) is 0.382. The maximum atomic E-state index is 15.0. The molecule has 10 heteroatoms. The minimum absolute atomic E-state index is 0.0501. The Balaban J connectivity index is 2.69. The third kappa shape index (κ3) is 4.18. The fourth-order valence-electron chi connectivity index (χ4n) is 3.77. The van der Waals surface area contributed by atoms with Gasteiger partial charge in [-0.05, 0) is 39.8 Å². The van der Waals surface area contributed by atoms with Crippen LogP contribution in [0.25, 0.3) is 21.8 Å². The van der Waals surface area contributed by atoms with E-state index in [1.54, 1.807) is 13.8 Å². The van der Waals surface area contributed by atoms with Crippen molar-refractivity contribution in [1.29, 1.82) is 0 Å². The van der Waals surface area contributed by atoms with Crippen molar-refractivity contribution in [2.45, 2.75) is 27.7 Å². The second kappa shape index (κ2) is 10.3. The number of nitrogens with one attached hydrogen (secondary N) is 1. The van der Waals surface area contributed by atoms with Crippen LogP contribution in [0.5, 0.6) is 0 Å². The molecule has 3 rings (SSSR count). The zero-order valence-electron chi connectivity index (χ0n) is 19.2. The van der Waals surface area contributed by atoms with Crippen LogP contribution >= 0.6 is 0 Å². The number of hydrogen-bond acceptors (Lipinski definition) is 8. The van der Waals surface area contributed by atoms with Crippen LogP contribution in [0.4, 0.5) is 4.39 Å². The molecule has 34 heavy (non-hydrogen) atoms. The van der Waals surface area contributed by atoms with Crippen molar-refractivity contribution in [1.82, 2.24) is 4.98 Å². The summed E-state index contributed by atoms with van der Waals surface area (Å²) in [4.78, 5) is 55.3. The molecule has 0 unspecified atom stereocenters. The van der Waals surface area contributed by atoms with Crippen LogP contribution in [0.3, 0.4) is 0 Å². The lowest BCUT2D eigenvalue weighted by atomic mass is 9.90. The number of halogens is 1. The number of ether oxygens (including phenoxy) is 4. The second-order valence-corrected chi connectivity index (χ2v) is 6.92. The van der Waals surface area contributed by atoms with E-state index in [2.05, 4.69) is 4.98 Å². The zero-order valence-corrected chi connectivity index (χ0v) is 19.2. The second-order valence-electron chi connectivity index (χ2n) is 6.92. The molecule has 0 radical (unpaired) electrons. The molecule has 0 saturated heterocycles. The lowest BCUT2D eigenvalue weighted by molar-refractivity contribution is 0.0446. The van der Waals surface area contributed by atoms with E-state index in [1.807, 2.05) is 0 Å². The largest absolute Gasteiger partial charge is 0.462 e.